The molecule has 0 unspecified atom stereocenters. The molecule has 0 saturated heterocycles. The van der Waals surface area contributed by atoms with Gasteiger partial charge in [0.25, 0.3) is 5.91 Å². The van der Waals surface area contributed by atoms with E-state index in [1.807, 2.05) is 17.8 Å². The van der Waals surface area contributed by atoms with E-state index in [1.54, 1.807) is 6.07 Å². The second kappa shape index (κ2) is 6.17. The van der Waals surface area contributed by atoms with Crippen molar-refractivity contribution in [3.8, 4) is 0 Å². The molecule has 1 aliphatic carbocycles. The van der Waals surface area contributed by atoms with Crippen molar-refractivity contribution in [2.45, 2.75) is 50.2 Å². The van der Waals surface area contributed by atoms with E-state index in [4.69, 9.17) is 11.6 Å². The van der Waals surface area contributed by atoms with Gasteiger partial charge in [-0.2, -0.15) is 11.8 Å². The molecule has 0 aromatic carbocycles. The summed E-state index contributed by atoms with van der Waals surface area (Å²) in [7, 11) is 0. The van der Waals surface area contributed by atoms with Gasteiger partial charge >= 0.3 is 0 Å². The predicted octanol–water partition coefficient (Wildman–Crippen LogP) is 4.05. The van der Waals surface area contributed by atoms with Crippen LogP contribution >= 0.6 is 23.4 Å². The van der Waals surface area contributed by atoms with E-state index in [0.717, 1.165) is 12.2 Å². The molecule has 21 heavy (non-hydrogen) atoms. The third-order valence-corrected chi connectivity index (χ3v) is 5.71. The summed E-state index contributed by atoms with van der Waals surface area (Å²) in [5.74, 6) is -0.0647. The highest BCUT2D eigenvalue weighted by Gasteiger charge is 2.36. The zero-order valence-electron chi connectivity index (χ0n) is 13.1. The van der Waals surface area contributed by atoms with E-state index in [-0.39, 0.29) is 16.1 Å². The van der Waals surface area contributed by atoms with Gasteiger partial charge in [0.2, 0.25) is 0 Å². The minimum Gasteiger partial charge on any atom is -0.351 e. The van der Waals surface area contributed by atoms with Gasteiger partial charge in [-0.05, 0) is 31.2 Å². The van der Waals surface area contributed by atoms with Gasteiger partial charge in [0.05, 0.1) is 0 Å². The maximum atomic E-state index is 12.4. The molecule has 1 heterocycles. The van der Waals surface area contributed by atoms with Crippen LogP contribution in [-0.4, -0.2) is 28.4 Å². The number of thioether (sulfide) groups is 1. The Labute approximate surface area is 136 Å². The number of pyridine rings is 1. The quantitative estimate of drug-likeness (QED) is 0.849. The first-order chi connectivity index (χ1) is 9.76. The van der Waals surface area contributed by atoms with Crippen LogP contribution in [0.15, 0.2) is 12.1 Å². The fourth-order valence-corrected chi connectivity index (χ4v) is 3.50. The molecule has 116 valence electrons. The number of nitrogens with one attached hydrogen (secondary N) is 1. The van der Waals surface area contributed by atoms with Gasteiger partial charge < -0.3 is 5.32 Å². The molecule has 0 bridgehead atoms. The molecule has 1 amide bonds. The van der Waals surface area contributed by atoms with Gasteiger partial charge in [-0.3, -0.25) is 4.79 Å². The third-order valence-electron chi connectivity index (χ3n) is 4.09. The Kier molecular flexibility index (Phi) is 4.89. The molecular weight excluding hydrogens is 304 g/mol. The zero-order valence-corrected chi connectivity index (χ0v) is 14.7. The number of carbonyl (C=O) groups excluding carboxylic acids is 1. The maximum absolute atomic E-state index is 12.4. The summed E-state index contributed by atoms with van der Waals surface area (Å²) >= 11 is 7.91. The average Bonchev–Trinajstić information content (AvgIpc) is 2.36. The van der Waals surface area contributed by atoms with Crippen LogP contribution < -0.4 is 5.32 Å². The van der Waals surface area contributed by atoms with Crippen LogP contribution in [0.3, 0.4) is 0 Å². The molecule has 0 radical (unpaired) electrons. The molecule has 1 aliphatic rings. The topological polar surface area (TPSA) is 42.0 Å². The van der Waals surface area contributed by atoms with Crippen LogP contribution in [0.2, 0.25) is 5.15 Å². The highest BCUT2D eigenvalue weighted by molar-refractivity contribution is 8.00. The number of hydrogen-bond donors (Lipinski definition) is 1. The lowest BCUT2D eigenvalue weighted by molar-refractivity contribution is 0.0943. The van der Waals surface area contributed by atoms with Gasteiger partial charge in [-0.15, -0.1) is 0 Å². The zero-order chi connectivity index (χ0) is 15.7. The second-order valence-corrected chi connectivity index (χ2v) is 8.40. The minimum atomic E-state index is -0.131. The van der Waals surface area contributed by atoms with Crippen LogP contribution in [0.25, 0.3) is 0 Å². The summed E-state index contributed by atoms with van der Waals surface area (Å²) in [6.07, 6.45) is 5.73. The van der Waals surface area contributed by atoms with Gasteiger partial charge in [0.1, 0.15) is 5.15 Å². The van der Waals surface area contributed by atoms with Gasteiger partial charge in [0, 0.05) is 28.0 Å². The molecule has 1 aromatic heterocycles. The Morgan fingerprint density at radius 2 is 2.10 bits per heavy atom. The summed E-state index contributed by atoms with van der Waals surface area (Å²) in [5.41, 5.74) is 1.30. The number of nitrogens with zero attached hydrogens (tertiary/aromatic N) is 1. The van der Waals surface area contributed by atoms with Crippen LogP contribution in [0, 0.1) is 0 Å². The van der Waals surface area contributed by atoms with Crippen molar-refractivity contribution in [2.75, 3.05) is 12.8 Å². The molecule has 1 aromatic rings. The molecule has 1 fully saturated rings. The molecule has 1 N–H and O–H groups in total. The highest BCUT2D eigenvalue weighted by Crippen LogP contribution is 2.42. The van der Waals surface area contributed by atoms with Crippen LogP contribution in [-0.2, 0) is 5.41 Å². The summed E-state index contributed by atoms with van der Waals surface area (Å²) in [6, 6.07) is 3.48. The SMILES string of the molecule is CSC1(CNC(=O)c2cc(Cl)nc(C(C)(C)C)c2)CCC1. The third kappa shape index (κ3) is 3.92. The van der Waals surface area contributed by atoms with Crippen LogP contribution in [0.1, 0.15) is 56.1 Å². The summed E-state index contributed by atoms with van der Waals surface area (Å²) < 4.78 is 0.235. The monoisotopic (exact) mass is 326 g/mol. The van der Waals surface area contributed by atoms with E-state index in [0.29, 0.717) is 10.7 Å². The standard InChI is InChI=1S/C16H23ClN2OS/c1-15(2,3)12-8-11(9-13(17)19-12)14(20)18-10-16(21-4)6-5-7-16/h8-9H,5-7,10H2,1-4H3,(H,18,20). The van der Waals surface area contributed by atoms with Crippen molar-refractivity contribution in [1.29, 1.82) is 0 Å². The molecular formula is C16H23ClN2OS. The number of carbonyl (C=O) groups is 1. The number of halogens is 1. The van der Waals surface area contributed by atoms with Crippen molar-refractivity contribution >= 4 is 29.3 Å². The van der Waals surface area contributed by atoms with Crippen molar-refractivity contribution in [3.63, 3.8) is 0 Å². The largest absolute Gasteiger partial charge is 0.351 e. The van der Waals surface area contributed by atoms with E-state index in [1.165, 1.54) is 19.3 Å². The van der Waals surface area contributed by atoms with E-state index in [2.05, 4.69) is 37.3 Å². The molecule has 5 heteroatoms. The Balaban J connectivity index is 2.10. The van der Waals surface area contributed by atoms with Gasteiger partial charge in [-0.25, -0.2) is 4.98 Å². The number of rotatable bonds is 4. The fraction of sp³-hybridized carbons (Fsp3) is 0.625. The molecule has 1 saturated carbocycles. The minimum absolute atomic E-state index is 0.0647. The van der Waals surface area contributed by atoms with E-state index < -0.39 is 0 Å². The average molecular weight is 327 g/mol. The van der Waals surface area contributed by atoms with Crippen LogP contribution in [0.4, 0.5) is 0 Å². The van der Waals surface area contributed by atoms with Crippen molar-refractivity contribution in [1.82, 2.24) is 10.3 Å². The predicted molar refractivity (Wildman–Crippen MR) is 90.4 cm³/mol. The van der Waals surface area contributed by atoms with Gasteiger partial charge in [0.15, 0.2) is 0 Å². The van der Waals surface area contributed by atoms with Crippen LogP contribution in [0.5, 0.6) is 0 Å². The van der Waals surface area contributed by atoms with E-state index in [9.17, 15) is 4.79 Å². The molecule has 0 spiro atoms. The Morgan fingerprint density at radius 1 is 1.43 bits per heavy atom. The lowest BCUT2D eigenvalue weighted by Crippen LogP contribution is -2.45. The summed E-state index contributed by atoms with van der Waals surface area (Å²) in [5, 5.41) is 3.42. The molecule has 2 rings (SSSR count). The number of amides is 1. The Hall–Kier alpha value is -0.740. The first-order valence-electron chi connectivity index (χ1n) is 7.27. The second-order valence-electron chi connectivity index (χ2n) is 6.74. The molecule has 0 atom stereocenters. The molecule has 0 aliphatic heterocycles. The lowest BCUT2D eigenvalue weighted by atomic mass is 9.84. The van der Waals surface area contributed by atoms with Crippen molar-refractivity contribution < 1.29 is 4.79 Å². The number of aromatic nitrogens is 1. The maximum Gasteiger partial charge on any atom is 0.251 e. The number of hydrogen-bond acceptors (Lipinski definition) is 3. The first-order valence-corrected chi connectivity index (χ1v) is 8.87. The Morgan fingerprint density at radius 3 is 2.57 bits per heavy atom. The fourth-order valence-electron chi connectivity index (χ4n) is 2.38. The van der Waals surface area contributed by atoms with Gasteiger partial charge in [-0.1, -0.05) is 38.8 Å². The summed E-state index contributed by atoms with van der Waals surface area (Å²) in [6.45, 7) is 6.90. The smallest absolute Gasteiger partial charge is 0.251 e. The Bertz CT molecular complexity index is 530. The van der Waals surface area contributed by atoms with Crippen molar-refractivity contribution in [3.05, 3.63) is 28.5 Å². The van der Waals surface area contributed by atoms with Crippen molar-refractivity contribution in [2.24, 2.45) is 0 Å². The van der Waals surface area contributed by atoms with E-state index >= 15 is 0 Å². The normalized spacial score (nSPS) is 17.2. The molecule has 3 nitrogen and oxygen atoms in total. The summed E-state index contributed by atoms with van der Waals surface area (Å²) in [4.78, 5) is 16.7. The first kappa shape index (κ1) is 16.6. The highest BCUT2D eigenvalue weighted by atomic mass is 35.5. The lowest BCUT2D eigenvalue weighted by Gasteiger charge is -2.40.